The number of carboxylic acids is 1. The van der Waals surface area contributed by atoms with Crippen LogP contribution in [0.25, 0.3) is 0 Å². The van der Waals surface area contributed by atoms with Crippen LogP contribution in [0, 0.1) is 11.6 Å². The molecule has 0 saturated carbocycles. The van der Waals surface area contributed by atoms with Gasteiger partial charge in [-0.1, -0.05) is 151 Å². The van der Waals surface area contributed by atoms with E-state index < -0.39 is 5.97 Å². The highest BCUT2D eigenvalue weighted by Crippen LogP contribution is 2.26. The Morgan fingerprint density at radius 3 is 1.49 bits per heavy atom. The molecule has 294 valence electrons. The van der Waals surface area contributed by atoms with Crippen molar-refractivity contribution in [1.82, 2.24) is 9.80 Å². The van der Waals surface area contributed by atoms with Gasteiger partial charge in [0.25, 0.3) is 0 Å². The molecule has 0 radical (unpaired) electrons. The Morgan fingerprint density at radius 2 is 1.04 bits per heavy atom. The average molecular weight is 735 g/mol. The molecule has 4 rings (SSSR count). The molecule has 3 aromatic rings. The lowest BCUT2D eigenvalue weighted by molar-refractivity contribution is -0.137. The van der Waals surface area contributed by atoms with E-state index in [2.05, 4.69) is 47.1 Å². The quantitative estimate of drug-likeness (QED) is 0.0832. The number of aliphatic carboxylic acids is 1. The standard InChI is InChI=1S/C28H32F2N2O.C18H36O2/c29-26-12-8-24(9-13-26)28(25-10-14-27(30)15-11-25)33-22-21-32-19-17-31(18-20-32)16-4-7-23-5-2-1-3-6-23;1-2-3-4-5-6-7-8-9-10-11-12-13-14-15-16-17-18(19)20/h1-3,5-6,8-15,28H,4,7,16-22H2;2-17H2,1H3,(H,19,20). The van der Waals surface area contributed by atoms with Gasteiger partial charge in [0.05, 0.1) is 6.61 Å². The first-order valence-corrected chi connectivity index (χ1v) is 20.8. The molecule has 3 aromatic carbocycles. The fraction of sp³-hybridized carbons (Fsp3) is 0.587. The Labute approximate surface area is 320 Å². The number of halogens is 2. The molecular formula is C46H68F2N2O3. The molecule has 0 spiro atoms. The number of piperazine rings is 1. The lowest BCUT2D eigenvalue weighted by atomic mass is 10.0. The van der Waals surface area contributed by atoms with Crippen LogP contribution in [0.1, 0.15) is 139 Å². The molecule has 5 nitrogen and oxygen atoms in total. The van der Waals surface area contributed by atoms with Crippen molar-refractivity contribution in [2.45, 2.75) is 129 Å². The summed E-state index contributed by atoms with van der Waals surface area (Å²) in [6, 6.07) is 23.3. The second kappa shape index (κ2) is 28.3. The van der Waals surface area contributed by atoms with Gasteiger partial charge in [0.2, 0.25) is 0 Å². The van der Waals surface area contributed by atoms with Gasteiger partial charge < -0.3 is 14.7 Å². The topological polar surface area (TPSA) is 53.0 Å². The minimum absolute atomic E-state index is 0.279. The van der Waals surface area contributed by atoms with E-state index in [-0.39, 0.29) is 17.7 Å². The van der Waals surface area contributed by atoms with E-state index >= 15 is 0 Å². The van der Waals surface area contributed by atoms with Crippen molar-refractivity contribution in [2.24, 2.45) is 0 Å². The number of aryl methyl sites for hydroxylation is 1. The third-order valence-corrected chi connectivity index (χ3v) is 10.3. The highest BCUT2D eigenvalue weighted by molar-refractivity contribution is 5.66. The van der Waals surface area contributed by atoms with Crippen molar-refractivity contribution < 1.29 is 23.4 Å². The number of carbonyl (C=O) groups is 1. The number of hydrogen-bond donors (Lipinski definition) is 1. The van der Waals surface area contributed by atoms with Crippen molar-refractivity contribution in [3.05, 3.63) is 107 Å². The molecule has 1 N–H and O–H groups in total. The predicted molar refractivity (Wildman–Crippen MR) is 215 cm³/mol. The lowest BCUT2D eigenvalue weighted by Gasteiger charge is -2.35. The molecular weight excluding hydrogens is 667 g/mol. The maximum Gasteiger partial charge on any atom is 0.303 e. The Kier molecular flexibility index (Phi) is 23.7. The van der Waals surface area contributed by atoms with E-state index in [1.807, 2.05) is 0 Å². The summed E-state index contributed by atoms with van der Waals surface area (Å²) in [6.07, 6.45) is 22.2. The summed E-state index contributed by atoms with van der Waals surface area (Å²) in [6.45, 7) is 9.04. The zero-order valence-electron chi connectivity index (χ0n) is 32.7. The van der Waals surface area contributed by atoms with Crippen LogP contribution in [0.4, 0.5) is 8.78 Å². The van der Waals surface area contributed by atoms with Gasteiger partial charge in [-0.2, -0.15) is 0 Å². The maximum absolute atomic E-state index is 13.4. The summed E-state index contributed by atoms with van der Waals surface area (Å²) in [5.74, 6) is -1.21. The zero-order chi connectivity index (χ0) is 37.8. The highest BCUT2D eigenvalue weighted by Gasteiger charge is 2.19. The fourth-order valence-electron chi connectivity index (χ4n) is 7.00. The summed E-state index contributed by atoms with van der Waals surface area (Å²) in [7, 11) is 0. The third kappa shape index (κ3) is 20.8. The van der Waals surface area contributed by atoms with Crippen molar-refractivity contribution in [3.63, 3.8) is 0 Å². The van der Waals surface area contributed by atoms with E-state index in [1.54, 1.807) is 24.3 Å². The Balaban J connectivity index is 0.000000327. The summed E-state index contributed by atoms with van der Waals surface area (Å²) < 4.78 is 33.0. The molecule has 1 saturated heterocycles. The van der Waals surface area contributed by atoms with Gasteiger partial charge in [-0.25, -0.2) is 8.78 Å². The summed E-state index contributed by atoms with van der Waals surface area (Å²) in [5, 5.41) is 8.52. The number of hydrogen-bond acceptors (Lipinski definition) is 4. The van der Waals surface area contributed by atoms with Crippen LogP contribution in [0.3, 0.4) is 0 Å². The van der Waals surface area contributed by atoms with Crippen molar-refractivity contribution in [1.29, 1.82) is 0 Å². The Hall–Kier alpha value is -3.13. The SMILES string of the molecule is CCCCCCCCCCCCCCCCCC(=O)O.Fc1ccc(C(OCCN2CCN(CCCc3ccccc3)CC2)c2ccc(F)cc2)cc1. The van der Waals surface area contributed by atoms with Crippen LogP contribution in [0.5, 0.6) is 0 Å². The van der Waals surface area contributed by atoms with Crippen LogP contribution in [0.15, 0.2) is 78.9 Å². The van der Waals surface area contributed by atoms with Gasteiger partial charge in [-0.05, 0) is 66.8 Å². The molecule has 0 aliphatic carbocycles. The summed E-state index contributed by atoms with van der Waals surface area (Å²) in [4.78, 5) is 15.3. The minimum Gasteiger partial charge on any atom is -0.481 e. The number of carboxylic acid groups (broad SMARTS) is 1. The van der Waals surface area contributed by atoms with Crippen LogP contribution >= 0.6 is 0 Å². The average Bonchev–Trinajstić information content (AvgIpc) is 3.17. The molecule has 53 heavy (non-hydrogen) atoms. The lowest BCUT2D eigenvalue weighted by Crippen LogP contribution is -2.47. The van der Waals surface area contributed by atoms with Gasteiger partial charge in [0, 0.05) is 39.1 Å². The maximum atomic E-state index is 13.4. The van der Waals surface area contributed by atoms with E-state index in [4.69, 9.17) is 9.84 Å². The summed E-state index contributed by atoms with van der Waals surface area (Å²) >= 11 is 0. The fourth-order valence-corrected chi connectivity index (χ4v) is 7.00. The largest absolute Gasteiger partial charge is 0.481 e. The first-order valence-electron chi connectivity index (χ1n) is 20.8. The molecule has 1 fully saturated rings. The molecule has 7 heteroatoms. The smallest absolute Gasteiger partial charge is 0.303 e. The Morgan fingerprint density at radius 1 is 0.604 bits per heavy atom. The predicted octanol–water partition coefficient (Wildman–Crippen LogP) is 11.7. The second-order valence-electron chi connectivity index (χ2n) is 14.7. The monoisotopic (exact) mass is 735 g/mol. The van der Waals surface area contributed by atoms with Gasteiger partial charge in [-0.15, -0.1) is 0 Å². The van der Waals surface area contributed by atoms with Gasteiger partial charge in [0.15, 0.2) is 0 Å². The molecule has 1 aliphatic rings. The van der Waals surface area contributed by atoms with Gasteiger partial charge in [0.1, 0.15) is 17.7 Å². The van der Waals surface area contributed by atoms with Gasteiger partial charge in [-0.3, -0.25) is 9.69 Å². The zero-order valence-corrected chi connectivity index (χ0v) is 32.7. The molecule has 0 bridgehead atoms. The molecule has 1 aliphatic heterocycles. The van der Waals surface area contributed by atoms with E-state index in [9.17, 15) is 13.6 Å². The minimum atomic E-state index is -0.653. The first-order chi connectivity index (χ1) is 25.9. The van der Waals surface area contributed by atoms with Crippen molar-refractivity contribution in [2.75, 3.05) is 45.9 Å². The number of nitrogens with zero attached hydrogens (tertiary/aromatic N) is 2. The third-order valence-electron chi connectivity index (χ3n) is 10.3. The van der Waals surface area contributed by atoms with Crippen LogP contribution in [0.2, 0.25) is 0 Å². The number of rotatable bonds is 26. The van der Waals surface area contributed by atoms with E-state index in [0.29, 0.717) is 13.0 Å². The van der Waals surface area contributed by atoms with Crippen LogP contribution in [-0.2, 0) is 16.0 Å². The molecule has 0 unspecified atom stereocenters. The van der Waals surface area contributed by atoms with E-state index in [0.717, 1.165) is 69.7 Å². The summed E-state index contributed by atoms with van der Waals surface area (Å²) in [5.41, 5.74) is 3.14. The number of benzene rings is 3. The second-order valence-corrected chi connectivity index (χ2v) is 14.7. The normalized spacial score (nSPS) is 13.6. The molecule has 0 aromatic heterocycles. The van der Waals surface area contributed by atoms with Crippen molar-refractivity contribution in [3.8, 4) is 0 Å². The molecule has 1 heterocycles. The van der Waals surface area contributed by atoms with Gasteiger partial charge >= 0.3 is 5.97 Å². The van der Waals surface area contributed by atoms with Crippen LogP contribution in [-0.4, -0.2) is 66.8 Å². The Bertz CT molecular complexity index is 1270. The number of unbranched alkanes of at least 4 members (excludes halogenated alkanes) is 14. The van der Waals surface area contributed by atoms with E-state index in [1.165, 1.54) is 120 Å². The molecule has 0 atom stereocenters. The highest BCUT2D eigenvalue weighted by atomic mass is 19.1. The first kappa shape index (κ1) is 44.3. The van der Waals surface area contributed by atoms with Crippen LogP contribution < -0.4 is 0 Å². The van der Waals surface area contributed by atoms with Crippen molar-refractivity contribution >= 4 is 5.97 Å². The number of ether oxygens (including phenoxy) is 1. The molecule has 0 amide bonds.